The molecule has 0 amide bonds. The van der Waals surface area contributed by atoms with Crippen LogP contribution in [0.3, 0.4) is 0 Å². The van der Waals surface area contributed by atoms with Gasteiger partial charge in [-0.05, 0) is 16.3 Å². The Morgan fingerprint density at radius 3 is 2.20 bits per heavy atom. The summed E-state index contributed by atoms with van der Waals surface area (Å²) in [6.45, 7) is 5.63. The Morgan fingerprint density at radius 1 is 1.08 bits per heavy atom. The van der Waals surface area contributed by atoms with Gasteiger partial charge in [-0.25, -0.2) is 18.0 Å². The van der Waals surface area contributed by atoms with E-state index in [4.69, 9.17) is 9.53 Å². The highest BCUT2D eigenvalue weighted by atomic mass is 28.3. The summed E-state index contributed by atoms with van der Waals surface area (Å²) < 4.78 is 47.0. The zero-order chi connectivity index (χ0) is 18.8. The zero-order valence-electron chi connectivity index (χ0n) is 14.1. The maximum Gasteiger partial charge on any atom is 0.338 e. The molecule has 3 nitrogen and oxygen atoms in total. The van der Waals surface area contributed by atoms with Crippen molar-refractivity contribution in [3.63, 3.8) is 0 Å². The molecule has 0 spiro atoms. The van der Waals surface area contributed by atoms with Gasteiger partial charge in [-0.2, -0.15) is 0 Å². The predicted molar refractivity (Wildman–Crippen MR) is 91.0 cm³/mol. The van der Waals surface area contributed by atoms with E-state index in [-0.39, 0.29) is 17.2 Å². The fourth-order valence-electron chi connectivity index (χ4n) is 2.56. The van der Waals surface area contributed by atoms with Crippen molar-refractivity contribution in [1.29, 1.82) is 0 Å². The Hall–Kier alpha value is -2.12. The van der Waals surface area contributed by atoms with Gasteiger partial charge in [0.15, 0.2) is 17.5 Å². The first-order chi connectivity index (χ1) is 11.6. The van der Waals surface area contributed by atoms with Gasteiger partial charge in [-0.1, -0.05) is 51.1 Å². The largest absolute Gasteiger partial charge is 0.478 e. The lowest BCUT2D eigenvalue weighted by Gasteiger charge is -2.29. The Bertz CT molecular complexity index is 773. The molecule has 2 rings (SSSR count). The van der Waals surface area contributed by atoms with Crippen molar-refractivity contribution in [3.8, 4) is 0 Å². The third-order valence-electron chi connectivity index (χ3n) is 3.75. The van der Waals surface area contributed by atoms with E-state index < -0.39 is 38.0 Å². The zero-order valence-corrected chi connectivity index (χ0v) is 15.3. The van der Waals surface area contributed by atoms with Crippen LogP contribution in [0.25, 0.3) is 0 Å². The molecule has 1 atom stereocenters. The molecule has 1 N–H and O–H groups in total. The highest BCUT2D eigenvalue weighted by Crippen LogP contribution is 2.29. The van der Waals surface area contributed by atoms with E-state index in [0.29, 0.717) is 0 Å². The van der Waals surface area contributed by atoms with Gasteiger partial charge in [0.1, 0.15) is 0 Å². The lowest BCUT2D eigenvalue weighted by molar-refractivity contribution is 0.0690. The Balaban J connectivity index is 2.34. The van der Waals surface area contributed by atoms with Gasteiger partial charge in [0.25, 0.3) is 0 Å². The van der Waals surface area contributed by atoms with Crippen LogP contribution in [-0.4, -0.2) is 20.1 Å². The number of carboxylic acids is 1. The van der Waals surface area contributed by atoms with Crippen molar-refractivity contribution in [2.75, 3.05) is 0 Å². The van der Waals surface area contributed by atoms with Crippen LogP contribution in [0.2, 0.25) is 5.04 Å². The minimum Gasteiger partial charge on any atom is -0.478 e. The molecule has 134 valence electrons. The summed E-state index contributed by atoms with van der Waals surface area (Å²) in [5.41, 5.74) is -1.22. The molecule has 0 aliphatic heterocycles. The quantitative estimate of drug-likeness (QED) is 0.646. The number of carboxylic acid groups (broad SMARTS) is 1. The molecule has 0 fully saturated rings. The van der Waals surface area contributed by atoms with Crippen LogP contribution in [0.15, 0.2) is 36.4 Å². The molecule has 0 aliphatic rings. The molecule has 0 bridgehead atoms. The maximum absolute atomic E-state index is 14.0. The van der Waals surface area contributed by atoms with Crippen molar-refractivity contribution >= 4 is 20.2 Å². The molecule has 0 radical (unpaired) electrons. The van der Waals surface area contributed by atoms with E-state index in [2.05, 4.69) is 0 Å². The summed E-state index contributed by atoms with van der Waals surface area (Å²) >= 11 is 0. The van der Waals surface area contributed by atoms with Crippen LogP contribution in [0.4, 0.5) is 13.2 Å². The van der Waals surface area contributed by atoms with Gasteiger partial charge in [0, 0.05) is 5.56 Å². The van der Waals surface area contributed by atoms with E-state index >= 15 is 0 Å². The summed E-state index contributed by atoms with van der Waals surface area (Å²) in [5, 5.41) is 9.70. The van der Waals surface area contributed by atoms with Crippen molar-refractivity contribution in [3.05, 3.63) is 65.0 Å². The molecule has 25 heavy (non-hydrogen) atoms. The second-order valence-electron chi connectivity index (χ2n) is 6.80. The highest BCUT2D eigenvalue weighted by Gasteiger charge is 2.31. The predicted octanol–water partition coefficient (Wildman–Crippen LogP) is 3.75. The molecular formula is C18H19F3O3Si. The number of benzene rings is 2. The summed E-state index contributed by atoms with van der Waals surface area (Å²) in [7, 11) is -2.07. The first kappa shape index (κ1) is 19.2. The molecular weight excluding hydrogens is 349 g/mol. The normalized spacial score (nSPS) is 12.9. The van der Waals surface area contributed by atoms with Gasteiger partial charge in [-0.15, -0.1) is 0 Å². The topological polar surface area (TPSA) is 46.5 Å². The minimum atomic E-state index is -2.07. The Labute approximate surface area is 145 Å². The number of hydrogen-bond donors (Lipinski definition) is 1. The van der Waals surface area contributed by atoms with E-state index in [1.54, 1.807) is 0 Å². The first-order valence-electron chi connectivity index (χ1n) is 7.69. The Kier molecular flexibility index (Phi) is 5.69. The average Bonchev–Trinajstić information content (AvgIpc) is 2.54. The molecule has 2 aromatic carbocycles. The van der Waals surface area contributed by atoms with Crippen molar-refractivity contribution in [2.45, 2.75) is 32.4 Å². The standard InChI is InChI=1S/C18H19F3O3Si/c1-18(2,3)25(12-7-5-4-6-8-12)24-10-11-9-13(17(22)23)15(20)16(21)14(11)19/h4-9,25H,10H2,1-3H3,(H,22,23). The summed E-state index contributed by atoms with van der Waals surface area (Å²) in [6, 6.07) is 10.2. The lowest BCUT2D eigenvalue weighted by atomic mass is 10.1. The molecule has 0 aromatic heterocycles. The number of halogens is 3. The van der Waals surface area contributed by atoms with Crippen molar-refractivity contribution in [2.24, 2.45) is 0 Å². The van der Waals surface area contributed by atoms with Gasteiger partial charge in [-0.3, -0.25) is 0 Å². The molecule has 1 unspecified atom stereocenters. The van der Waals surface area contributed by atoms with Crippen LogP contribution in [0, 0.1) is 17.5 Å². The molecule has 7 heteroatoms. The fraction of sp³-hybridized carbons (Fsp3) is 0.278. The number of aromatic carboxylic acids is 1. The molecule has 0 heterocycles. The van der Waals surface area contributed by atoms with Crippen LogP contribution in [0.1, 0.15) is 36.7 Å². The number of rotatable bonds is 5. The van der Waals surface area contributed by atoms with Gasteiger partial charge < -0.3 is 9.53 Å². The third kappa shape index (κ3) is 4.29. The van der Waals surface area contributed by atoms with Crippen molar-refractivity contribution in [1.82, 2.24) is 0 Å². The first-order valence-corrected chi connectivity index (χ1v) is 9.31. The summed E-state index contributed by atoms with van der Waals surface area (Å²) in [5.74, 6) is -6.59. The molecule has 0 saturated carbocycles. The van der Waals surface area contributed by atoms with E-state index in [9.17, 15) is 18.0 Å². The second-order valence-corrected chi connectivity index (χ2v) is 10.3. The van der Waals surface area contributed by atoms with E-state index in [1.165, 1.54) is 0 Å². The smallest absolute Gasteiger partial charge is 0.338 e. The van der Waals surface area contributed by atoms with Crippen LogP contribution >= 0.6 is 0 Å². The molecule has 0 aliphatic carbocycles. The lowest BCUT2D eigenvalue weighted by Crippen LogP contribution is -2.41. The monoisotopic (exact) mass is 368 g/mol. The number of carbonyl (C=O) groups is 1. The van der Waals surface area contributed by atoms with Gasteiger partial charge in [0.2, 0.25) is 9.04 Å². The fourth-order valence-corrected chi connectivity index (χ4v) is 5.17. The highest BCUT2D eigenvalue weighted by molar-refractivity contribution is 6.70. The van der Waals surface area contributed by atoms with Crippen LogP contribution < -0.4 is 5.19 Å². The van der Waals surface area contributed by atoms with Gasteiger partial charge >= 0.3 is 5.97 Å². The van der Waals surface area contributed by atoms with Crippen molar-refractivity contribution < 1.29 is 27.5 Å². The average molecular weight is 368 g/mol. The minimum absolute atomic E-state index is 0.216. The van der Waals surface area contributed by atoms with Gasteiger partial charge in [0.05, 0.1) is 12.2 Å². The third-order valence-corrected chi connectivity index (χ3v) is 6.81. The maximum atomic E-state index is 14.0. The molecule has 0 saturated heterocycles. The SMILES string of the molecule is CC(C)(C)[SiH](OCc1cc(C(=O)O)c(F)c(F)c1F)c1ccccc1. The molecule has 2 aromatic rings. The van der Waals surface area contributed by atoms with Crippen LogP contribution in [0.5, 0.6) is 0 Å². The van der Waals surface area contributed by atoms with E-state index in [1.807, 2.05) is 51.1 Å². The Morgan fingerprint density at radius 2 is 1.68 bits per heavy atom. The van der Waals surface area contributed by atoms with Crippen LogP contribution in [-0.2, 0) is 11.0 Å². The van der Waals surface area contributed by atoms with E-state index in [0.717, 1.165) is 11.3 Å². The second kappa shape index (κ2) is 7.41. The number of hydrogen-bond acceptors (Lipinski definition) is 2. The summed E-state index contributed by atoms with van der Waals surface area (Å²) in [4.78, 5) is 11.0. The summed E-state index contributed by atoms with van der Waals surface area (Å²) in [6.07, 6.45) is 0.